The van der Waals surface area contributed by atoms with Gasteiger partial charge in [-0.05, 0) is 19.8 Å². The highest BCUT2D eigenvalue weighted by molar-refractivity contribution is 8.14. The number of likely N-dealkylation sites (tertiary alicyclic amines) is 2. The molecule has 2 rings (SSSR count). The van der Waals surface area contributed by atoms with Gasteiger partial charge < -0.3 is 14.5 Å². The van der Waals surface area contributed by atoms with Crippen LogP contribution in [0.5, 0.6) is 0 Å². The molecule has 0 N–H and O–H groups in total. The molecular formula is C12H19ClN2O5S. The fourth-order valence-corrected chi connectivity index (χ4v) is 3.85. The summed E-state index contributed by atoms with van der Waals surface area (Å²) in [6.45, 7) is 3.24. The average Bonchev–Trinajstić information content (AvgIpc) is 2.81. The predicted octanol–water partition coefficient (Wildman–Crippen LogP) is 0.777. The topological polar surface area (TPSA) is 84.0 Å². The number of piperidine rings is 1. The van der Waals surface area contributed by atoms with E-state index in [1.54, 1.807) is 16.7 Å². The lowest BCUT2D eigenvalue weighted by atomic mass is 10.0. The number of hydrogen-bond acceptors (Lipinski definition) is 5. The standard InChI is InChI=1S/C12H19ClN2O5S/c1-2-20-12(17)14-5-3-9(4-6-14)15-8-10(7-11(15)16)21(13,18)19/h9-10H,2-8H2,1H3. The number of rotatable bonds is 3. The van der Waals surface area contributed by atoms with Crippen LogP contribution in [0.3, 0.4) is 0 Å². The summed E-state index contributed by atoms with van der Waals surface area (Å²) < 4.78 is 27.6. The molecule has 0 saturated carbocycles. The maximum Gasteiger partial charge on any atom is 0.409 e. The summed E-state index contributed by atoms with van der Waals surface area (Å²) in [6.07, 6.45) is 0.855. The number of hydrogen-bond donors (Lipinski definition) is 0. The molecule has 2 aliphatic heterocycles. The second kappa shape index (κ2) is 6.39. The van der Waals surface area contributed by atoms with E-state index < -0.39 is 14.3 Å². The Kier molecular flexibility index (Phi) is 4.98. The van der Waals surface area contributed by atoms with E-state index >= 15 is 0 Å². The van der Waals surface area contributed by atoms with Crippen molar-refractivity contribution in [3.63, 3.8) is 0 Å². The second-order valence-electron chi connectivity index (χ2n) is 5.26. The van der Waals surface area contributed by atoms with E-state index in [0.29, 0.717) is 32.5 Å². The van der Waals surface area contributed by atoms with Gasteiger partial charge in [0, 0.05) is 42.8 Å². The first-order valence-corrected chi connectivity index (χ1v) is 9.34. The molecule has 2 heterocycles. The molecule has 1 atom stereocenters. The molecule has 9 heteroatoms. The summed E-state index contributed by atoms with van der Waals surface area (Å²) >= 11 is 0. The van der Waals surface area contributed by atoms with E-state index in [0.717, 1.165) is 0 Å². The molecule has 1 unspecified atom stereocenters. The molecule has 0 radical (unpaired) electrons. The zero-order chi connectivity index (χ0) is 15.6. The molecule has 2 aliphatic rings. The molecule has 0 aromatic rings. The third-order valence-electron chi connectivity index (χ3n) is 3.95. The summed E-state index contributed by atoms with van der Waals surface area (Å²) in [5.41, 5.74) is 0. The number of ether oxygens (including phenoxy) is 1. The number of nitrogens with zero attached hydrogens (tertiary/aromatic N) is 2. The lowest BCUT2D eigenvalue weighted by Crippen LogP contribution is -2.47. The van der Waals surface area contributed by atoms with Crippen LogP contribution in [0.1, 0.15) is 26.2 Å². The normalized spacial score (nSPS) is 24.5. The van der Waals surface area contributed by atoms with Crippen LogP contribution in [0.2, 0.25) is 0 Å². The van der Waals surface area contributed by atoms with Gasteiger partial charge in [0.1, 0.15) is 5.25 Å². The number of carbonyl (C=O) groups excluding carboxylic acids is 2. The van der Waals surface area contributed by atoms with Crippen molar-refractivity contribution < 1.29 is 22.7 Å². The fraction of sp³-hybridized carbons (Fsp3) is 0.833. The maximum atomic E-state index is 11.9. The molecule has 0 aromatic carbocycles. The number of amides is 2. The minimum Gasteiger partial charge on any atom is -0.450 e. The Labute approximate surface area is 128 Å². The highest BCUT2D eigenvalue weighted by Gasteiger charge is 2.41. The van der Waals surface area contributed by atoms with E-state index in [9.17, 15) is 18.0 Å². The SMILES string of the molecule is CCOC(=O)N1CCC(N2CC(S(=O)(=O)Cl)CC2=O)CC1. The second-order valence-corrected chi connectivity index (χ2v) is 8.17. The number of carbonyl (C=O) groups is 2. The van der Waals surface area contributed by atoms with Crippen LogP contribution in [0.25, 0.3) is 0 Å². The van der Waals surface area contributed by atoms with E-state index in [4.69, 9.17) is 15.4 Å². The van der Waals surface area contributed by atoms with Crippen molar-refractivity contribution in [1.82, 2.24) is 9.80 Å². The lowest BCUT2D eigenvalue weighted by molar-refractivity contribution is -0.130. The van der Waals surface area contributed by atoms with Crippen molar-refractivity contribution in [2.24, 2.45) is 0 Å². The number of halogens is 1. The van der Waals surface area contributed by atoms with Crippen molar-refractivity contribution in [2.75, 3.05) is 26.2 Å². The molecule has 21 heavy (non-hydrogen) atoms. The third-order valence-corrected chi connectivity index (χ3v) is 5.82. The van der Waals surface area contributed by atoms with Gasteiger partial charge in [-0.25, -0.2) is 13.2 Å². The maximum absolute atomic E-state index is 11.9. The van der Waals surface area contributed by atoms with Crippen LogP contribution in [0, 0.1) is 0 Å². The molecule has 7 nitrogen and oxygen atoms in total. The minimum atomic E-state index is -3.71. The summed E-state index contributed by atoms with van der Waals surface area (Å²) in [4.78, 5) is 26.7. The van der Waals surface area contributed by atoms with E-state index in [-0.39, 0.29) is 31.0 Å². The van der Waals surface area contributed by atoms with Crippen molar-refractivity contribution in [2.45, 2.75) is 37.5 Å². The van der Waals surface area contributed by atoms with Gasteiger partial charge in [-0.15, -0.1) is 0 Å². The van der Waals surface area contributed by atoms with Crippen LogP contribution in [0.15, 0.2) is 0 Å². The summed E-state index contributed by atoms with van der Waals surface area (Å²) in [5, 5.41) is -0.824. The molecule has 2 fully saturated rings. The van der Waals surface area contributed by atoms with Crippen molar-refractivity contribution in [3.05, 3.63) is 0 Å². The fourth-order valence-electron chi connectivity index (χ4n) is 2.81. The first-order chi connectivity index (χ1) is 9.82. The molecule has 120 valence electrons. The van der Waals surface area contributed by atoms with E-state index in [1.807, 2.05) is 0 Å². The van der Waals surface area contributed by atoms with Gasteiger partial charge >= 0.3 is 6.09 Å². The van der Waals surface area contributed by atoms with Gasteiger partial charge in [0.05, 0.1) is 6.61 Å². The quantitative estimate of drug-likeness (QED) is 0.710. The molecule has 0 aliphatic carbocycles. The Morgan fingerprint density at radius 1 is 1.38 bits per heavy atom. The van der Waals surface area contributed by atoms with Gasteiger partial charge in [-0.3, -0.25) is 4.79 Å². The van der Waals surface area contributed by atoms with Crippen LogP contribution < -0.4 is 0 Å². The van der Waals surface area contributed by atoms with Gasteiger partial charge in [-0.1, -0.05) is 0 Å². The lowest BCUT2D eigenvalue weighted by Gasteiger charge is -2.36. The van der Waals surface area contributed by atoms with Gasteiger partial charge in [0.25, 0.3) is 0 Å². The molecule has 0 aromatic heterocycles. The molecule has 0 bridgehead atoms. The Hall–Kier alpha value is -1.02. The summed E-state index contributed by atoms with van der Waals surface area (Å²) in [5.74, 6) is -0.182. The molecule has 2 saturated heterocycles. The van der Waals surface area contributed by atoms with Gasteiger partial charge in [0.15, 0.2) is 0 Å². The zero-order valence-corrected chi connectivity index (χ0v) is 13.4. The average molecular weight is 339 g/mol. The smallest absolute Gasteiger partial charge is 0.409 e. The van der Waals surface area contributed by atoms with Crippen molar-refractivity contribution in [3.8, 4) is 0 Å². The van der Waals surface area contributed by atoms with Crippen LogP contribution in [-0.2, 0) is 18.6 Å². The monoisotopic (exact) mass is 338 g/mol. The first-order valence-electron chi connectivity index (χ1n) is 6.97. The first kappa shape index (κ1) is 16.4. The summed E-state index contributed by atoms with van der Waals surface area (Å²) in [6, 6.07) is -0.0356. The van der Waals surface area contributed by atoms with Crippen LogP contribution in [-0.4, -0.2) is 67.8 Å². The molecule has 2 amide bonds. The minimum absolute atomic E-state index is 0.0356. The van der Waals surface area contributed by atoms with Crippen LogP contribution >= 0.6 is 10.7 Å². The Balaban J connectivity index is 1.91. The highest BCUT2D eigenvalue weighted by Crippen LogP contribution is 2.27. The third kappa shape index (κ3) is 3.79. The van der Waals surface area contributed by atoms with Crippen LogP contribution in [0.4, 0.5) is 4.79 Å². The zero-order valence-electron chi connectivity index (χ0n) is 11.8. The van der Waals surface area contributed by atoms with Crippen molar-refractivity contribution in [1.29, 1.82) is 0 Å². The molecular weight excluding hydrogens is 320 g/mol. The van der Waals surface area contributed by atoms with E-state index in [2.05, 4.69) is 0 Å². The Bertz CT molecular complexity index is 516. The molecule has 0 spiro atoms. The van der Waals surface area contributed by atoms with Crippen molar-refractivity contribution >= 4 is 31.7 Å². The summed E-state index contributed by atoms with van der Waals surface area (Å²) in [7, 11) is 1.62. The Morgan fingerprint density at radius 3 is 2.48 bits per heavy atom. The largest absolute Gasteiger partial charge is 0.450 e. The Morgan fingerprint density at radius 2 is 2.00 bits per heavy atom. The van der Waals surface area contributed by atoms with Gasteiger partial charge in [0.2, 0.25) is 15.0 Å². The van der Waals surface area contributed by atoms with Gasteiger partial charge in [-0.2, -0.15) is 0 Å². The van der Waals surface area contributed by atoms with E-state index in [1.165, 1.54) is 0 Å². The highest BCUT2D eigenvalue weighted by atomic mass is 35.7. The predicted molar refractivity (Wildman–Crippen MR) is 76.5 cm³/mol.